The number of ether oxygens (including phenoxy) is 3. The van der Waals surface area contributed by atoms with Crippen LogP contribution in [0.15, 0.2) is 85.1 Å². The van der Waals surface area contributed by atoms with Crippen molar-refractivity contribution in [1.29, 1.82) is 0 Å². The minimum absolute atomic E-state index is 0.0806. The van der Waals surface area contributed by atoms with E-state index in [0.29, 0.717) is 28.4 Å². The maximum absolute atomic E-state index is 13.8. The topological polar surface area (TPSA) is 119 Å². The summed E-state index contributed by atoms with van der Waals surface area (Å²) in [5, 5.41) is 5.78. The van der Waals surface area contributed by atoms with Gasteiger partial charge in [-0.1, -0.05) is 24.3 Å². The van der Waals surface area contributed by atoms with E-state index in [9.17, 15) is 27.6 Å². The number of nitrogens with one attached hydrogen (secondary N) is 2. The van der Waals surface area contributed by atoms with Crippen molar-refractivity contribution >= 4 is 17.7 Å². The van der Waals surface area contributed by atoms with Crippen LogP contribution in [0.3, 0.4) is 0 Å². The first-order valence-electron chi connectivity index (χ1n) is 15.1. The largest absolute Gasteiger partial charge is 0.496 e. The van der Waals surface area contributed by atoms with E-state index in [1.165, 1.54) is 18.1 Å². The molecule has 10 nitrogen and oxygen atoms in total. The van der Waals surface area contributed by atoms with Gasteiger partial charge >= 0.3 is 6.18 Å². The van der Waals surface area contributed by atoms with Gasteiger partial charge in [0.1, 0.15) is 23.4 Å². The standard InChI is InChI=1S/C35H31F3N4O6/c1-46-29-12-9-23-17-27(29)22-4-2-5-25(16-22)47-20-31(43)40-18-21-7-10-24(11-8-21)48-30-13-15-42(19-28(30)41-33(23)44)34(45)26-6-3-14-39-32(26)35(36,37)38/h2-12,14,16-17,28,30H,13,15,18-20H2,1H3,(H,40,43)(H,41,44)/t28-,30-/m1/s1. The Hall–Kier alpha value is -5.59. The van der Waals surface area contributed by atoms with Crippen molar-refractivity contribution < 1.29 is 41.8 Å². The molecule has 3 aliphatic heterocycles. The lowest BCUT2D eigenvalue weighted by molar-refractivity contribution is -0.141. The molecule has 6 bridgehead atoms. The fourth-order valence-electron chi connectivity index (χ4n) is 5.71. The van der Waals surface area contributed by atoms with Gasteiger partial charge in [-0.25, -0.2) is 0 Å². The summed E-state index contributed by atoms with van der Waals surface area (Å²) in [6, 6.07) is 20.5. The van der Waals surface area contributed by atoms with E-state index < -0.39 is 41.4 Å². The summed E-state index contributed by atoms with van der Waals surface area (Å²) < 4.78 is 58.7. The van der Waals surface area contributed by atoms with Gasteiger partial charge < -0.3 is 29.7 Å². The Balaban J connectivity index is 1.35. The highest BCUT2D eigenvalue weighted by molar-refractivity contribution is 5.97. The van der Waals surface area contributed by atoms with Crippen molar-refractivity contribution in [2.24, 2.45) is 0 Å². The summed E-state index contributed by atoms with van der Waals surface area (Å²) in [7, 11) is 1.50. The molecule has 7 rings (SSSR count). The van der Waals surface area contributed by atoms with Gasteiger partial charge in [0, 0.05) is 43.4 Å². The summed E-state index contributed by atoms with van der Waals surface area (Å²) in [6.07, 6.45) is -4.25. The van der Waals surface area contributed by atoms with E-state index in [4.69, 9.17) is 14.2 Å². The number of piperidine rings is 1. The van der Waals surface area contributed by atoms with Crippen molar-refractivity contribution in [3.63, 3.8) is 0 Å². The van der Waals surface area contributed by atoms with Crippen LogP contribution in [-0.2, 0) is 17.5 Å². The molecule has 248 valence electrons. The molecule has 1 aromatic heterocycles. The molecule has 4 aromatic rings. The quantitative estimate of drug-likeness (QED) is 0.315. The summed E-state index contributed by atoms with van der Waals surface area (Å²) in [4.78, 5) is 44.5. The van der Waals surface area contributed by atoms with Crippen LogP contribution in [0, 0.1) is 0 Å². The molecular formula is C35H31F3N4O6. The Bertz CT molecular complexity index is 1830. The third-order valence-electron chi connectivity index (χ3n) is 8.14. The van der Waals surface area contributed by atoms with Gasteiger partial charge in [0.2, 0.25) is 0 Å². The zero-order valence-corrected chi connectivity index (χ0v) is 25.8. The fourth-order valence-corrected chi connectivity index (χ4v) is 5.71. The number of likely N-dealkylation sites (tertiary alicyclic amines) is 1. The average molecular weight is 661 g/mol. The number of aromatic nitrogens is 1. The first-order valence-corrected chi connectivity index (χ1v) is 15.1. The van der Waals surface area contributed by atoms with E-state index in [0.717, 1.165) is 17.8 Å². The number of benzene rings is 3. The Morgan fingerprint density at radius 2 is 1.79 bits per heavy atom. The van der Waals surface area contributed by atoms with Gasteiger partial charge in [-0.15, -0.1) is 0 Å². The van der Waals surface area contributed by atoms with Gasteiger partial charge in [-0.05, 0) is 65.7 Å². The lowest BCUT2D eigenvalue weighted by atomic mass is 9.98. The van der Waals surface area contributed by atoms with Gasteiger partial charge in [0.15, 0.2) is 12.3 Å². The van der Waals surface area contributed by atoms with Crippen molar-refractivity contribution in [2.45, 2.75) is 31.3 Å². The SMILES string of the molecule is COc1ccc2cc1-c1cccc(c1)OCC(=O)NCc1ccc(cc1)O[C@@H]1CCN(C(=O)c3cccnc3C(F)(F)F)C[C@H]1NC2=O. The third-order valence-corrected chi connectivity index (χ3v) is 8.14. The Morgan fingerprint density at radius 1 is 0.979 bits per heavy atom. The number of fused-ring (bicyclic) bond motifs is 7. The van der Waals surface area contributed by atoms with Crippen LogP contribution in [0.25, 0.3) is 11.1 Å². The van der Waals surface area contributed by atoms with E-state index >= 15 is 0 Å². The fraction of sp³-hybridized carbons (Fsp3) is 0.257. The summed E-state index contributed by atoms with van der Waals surface area (Å²) in [6.45, 7) is 0.0102. The van der Waals surface area contributed by atoms with E-state index in [2.05, 4.69) is 15.6 Å². The smallest absolute Gasteiger partial charge is 0.434 e. The number of halogens is 3. The Labute approximate surface area is 273 Å². The molecule has 1 fully saturated rings. The summed E-state index contributed by atoms with van der Waals surface area (Å²) in [5.74, 6) is -0.257. The van der Waals surface area contributed by atoms with Gasteiger partial charge in [-0.3, -0.25) is 19.4 Å². The number of hydrogen-bond acceptors (Lipinski definition) is 7. The number of nitrogens with zero attached hydrogens (tertiary/aromatic N) is 2. The van der Waals surface area contributed by atoms with E-state index in [-0.39, 0.29) is 44.1 Å². The highest BCUT2D eigenvalue weighted by Gasteiger charge is 2.40. The van der Waals surface area contributed by atoms with Gasteiger partial charge in [-0.2, -0.15) is 13.2 Å². The molecule has 3 amide bonds. The normalized spacial score (nSPS) is 18.4. The number of amides is 3. The Morgan fingerprint density at radius 3 is 2.56 bits per heavy atom. The molecule has 1 saturated heterocycles. The van der Waals surface area contributed by atoms with Crippen LogP contribution >= 0.6 is 0 Å². The zero-order chi connectivity index (χ0) is 33.8. The lowest BCUT2D eigenvalue weighted by Crippen LogP contribution is -2.58. The first kappa shape index (κ1) is 32.4. The van der Waals surface area contributed by atoms with Crippen LogP contribution in [0.1, 0.15) is 38.4 Å². The van der Waals surface area contributed by atoms with Crippen molar-refractivity contribution in [2.75, 3.05) is 26.8 Å². The molecule has 3 aliphatic rings. The predicted octanol–water partition coefficient (Wildman–Crippen LogP) is 4.88. The van der Waals surface area contributed by atoms with E-state index in [1.807, 2.05) is 6.07 Å². The number of carbonyl (C=O) groups is 3. The number of pyridine rings is 1. The minimum atomic E-state index is -4.83. The van der Waals surface area contributed by atoms with Crippen molar-refractivity contribution in [1.82, 2.24) is 20.5 Å². The molecule has 0 unspecified atom stereocenters. The van der Waals surface area contributed by atoms with Gasteiger partial charge in [0.25, 0.3) is 17.7 Å². The maximum atomic E-state index is 13.8. The number of methoxy groups -OCH3 is 1. The number of hydrogen-bond donors (Lipinski definition) is 2. The lowest BCUT2D eigenvalue weighted by Gasteiger charge is -2.39. The van der Waals surface area contributed by atoms with Gasteiger partial charge in [0.05, 0.1) is 18.7 Å². The predicted molar refractivity (Wildman–Crippen MR) is 168 cm³/mol. The van der Waals surface area contributed by atoms with Crippen molar-refractivity contribution in [3.05, 3.63) is 107 Å². The number of carbonyl (C=O) groups excluding carboxylic acids is 3. The van der Waals surface area contributed by atoms with Crippen molar-refractivity contribution in [3.8, 4) is 28.4 Å². The maximum Gasteiger partial charge on any atom is 0.434 e. The molecule has 2 N–H and O–H groups in total. The average Bonchev–Trinajstić information content (AvgIpc) is 3.10. The molecule has 0 radical (unpaired) electrons. The van der Waals surface area contributed by atoms with E-state index in [1.54, 1.807) is 60.7 Å². The van der Waals surface area contributed by atoms with Crippen LogP contribution < -0.4 is 24.8 Å². The van der Waals surface area contributed by atoms with Crippen LogP contribution in [0.5, 0.6) is 17.2 Å². The second kappa shape index (κ2) is 13.6. The number of alkyl halides is 3. The second-order valence-corrected chi connectivity index (χ2v) is 11.3. The highest BCUT2D eigenvalue weighted by atomic mass is 19.4. The monoisotopic (exact) mass is 660 g/mol. The van der Waals surface area contributed by atoms with Crippen LogP contribution in [0.4, 0.5) is 13.2 Å². The molecule has 13 heteroatoms. The third kappa shape index (κ3) is 7.19. The summed E-state index contributed by atoms with van der Waals surface area (Å²) in [5.41, 5.74) is 0.477. The molecule has 2 atom stereocenters. The molecule has 48 heavy (non-hydrogen) atoms. The number of rotatable bonds is 2. The zero-order valence-electron chi connectivity index (χ0n) is 25.8. The van der Waals surface area contributed by atoms with Crippen LogP contribution in [-0.4, -0.2) is 66.6 Å². The molecular weight excluding hydrogens is 629 g/mol. The summed E-state index contributed by atoms with van der Waals surface area (Å²) >= 11 is 0. The molecule has 0 saturated carbocycles. The Kier molecular flexibility index (Phi) is 9.19. The molecule has 0 spiro atoms. The molecule has 3 aromatic carbocycles. The minimum Gasteiger partial charge on any atom is -0.496 e. The highest BCUT2D eigenvalue weighted by Crippen LogP contribution is 2.34. The first-order chi connectivity index (χ1) is 23.1. The van der Waals surface area contributed by atoms with Crippen LogP contribution in [0.2, 0.25) is 0 Å². The second-order valence-electron chi connectivity index (χ2n) is 11.3. The molecule has 4 heterocycles. The molecule has 0 aliphatic carbocycles.